The van der Waals surface area contributed by atoms with Gasteiger partial charge in [-0.15, -0.1) is 0 Å². The van der Waals surface area contributed by atoms with Crippen LogP contribution >= 0.6 is 12.2 Å². The highest BCUT2D eigenvalue weighted by molar-refractivity contribution is 7.71. The van der Waals surface area contributed by atoms with Crippen molar-refractivity contribution in [3.05, 3.63) is 89.1 Å². The van der Waals surface area contributed by atoms with Crippen LogP contribution in [0.25, 0.3) is 33.2 Å². The molecule has 0 amide bonds. The zero-order valence-corrected chi connectivity index (χ0v) is 14.2. The highest BCUT2D eigenvalue weighted by atomic mass is 32.1. The summed E-state index contributed by atoms with van der Waals surface area (Å²) < 4.78 is 0.465. The van der Waals surface area contributed by atoms with E-state index in [4.69, 9.17) is 12.2 Å². The molecule has 0 fully saturated rings. The second kappa shape index (κ2) is 6.35. The largest absolute Gasteiger partial charge is 0.345 e. The first kappa shape index (κ1) is 15.3. The van der Waals surface area contributed by atoms with E-state index < -0.39 is 0 Å². The molecule has 3 aromatic carbocycles. The number of nitrogens with zero attached hydrogens (tertiary/aromatic N) is 1. The maximum Gasteiger partial charge on any atom is 0.122 e. The molecule has 1 heterocycles. The Balaban J connectivity index is 2.05. The lowest BCUT2D eigenvalue weighted by atomic mass is 9.94. The maximum absolute atomic E-state index is 9.66. The smallest absolute Gasteiger partial charge is 0.122 e. The van der Waals surface area contributed by atoms with Gasteiger partial charge in [0.25, 0.3) is 0 Å². The highest BCUT2D eigenvalue weighted by Gasteiger charge is 2.12. The lowest BCUT2D eigenvalue weighted by Gasteiger charge is -2.11. The van der Waals surface area contributed by atoms with E-state index in [1.807, 2.05) is 60.7 Å². The van der Waals surface area contributed by atoms with Gasteiger partial charge in [-0.05, 0) is 28.0 Å². The Labute approximate surface area is 151 Å². The average Bonchev–Trinajstić information content (AvgIpc) is 2.67. The van der Waals surface area contributed by atoms with Gasteiger partial charge in [-0.1, -0.05) is 85.0 Å². The number of rotatable bonds is 2. The van der Waals surface area contributed by atoms with E-state index in [1.165, 1.54) is 0 Å². The molecule has 0 saturated carbocycles. The molecule has 0 bridgehead atoms. The van der Waals surface area contributed by atoms with Crippen molar-refractivity contribution >= 4 is 23.0 Å². The van der Waals surface area contributed by atoms with Gasteiger partial charge < -0.3 is 4.98 Å². The van der Waals surface area contributed by atoms with Gasteiger partial charge in [-0.2, -0.15) is 5.26 Å². The number of hydrogen-bond donors (Lipinski definition) is 1. The molecule has 0 saturated heterocycles. The van der Waals surface area contributed by atoms with Crippen molar-refractivity contribution < 1.29 is 0 Å². The minimum atomic E-state index is 0.465. The SMILES string of the molecule is N#Cc1c(-c2cccc3ccccc23)cc(-c2ccccc2)[nH]c1=S. The molecule has 4 aromatic rings. The van der Waals surface area contributed by atoms with Crippen LogP contribution in [-0.2, 0) is 0 Å². The molecule has 0 atom stereocenters. The van der Waals surface area contributed by atoms with Crippen LogP contribution in [0.2, 0.25) is 0 Å². The van der Waals surface area contributed by atoms with Crippen LogP contribution < -0.4 is 0 Å². The Morgan fingerprint density at radius 1 is 0.800 bits per heavy atom. The van der Waals surface area contributed by atoms with Crippen molar-refractivity contribution in [2.24, 2.45) is 0 Å². The van der Waals surface area contributed by atoms with Crippen LogP contribution in [0.1, 0.15) is 5.56 Å². The summed E-state index contributed by atoms with van der Waals surface area (Å²) in [7, 11) is 0. The lowest BCUT2D eigenvalue weighted by molar-refractivity contribution is 1.27. The summed E-state index contributed by atoms with van der Waals surface area (Å²) in [6.45, 7) is 0. The molecule has 2 nitrogen and oxygen atoms in total. The summed E-state index contributed by atoms with van der Waals surface area (Å²) in [4.78, 5) is 3.19. The third-order valence-electron chi connectivity index (χ3n) is 4.31. The zero-order valence-electron chi connectivity index (χ0n) is 13.4. The van der Waals surface area contributed by atoms with Gasteiger partial charge in [0.15, 0.2) is 0 Å². The van der Waals surface area contributed by atoms with Crippen LogP contribution in [0.3, 0.4) is 0 Å². The van der Waals surface area contributed by atoms with E-state index in [2.05, 4.69) is 29.3 Å². The zero-order chi connectivity index (χ0) is 17.2. The number of hydrogen-bond acceptors (Lipinski definition) is 2. The summed E-state index contributed by atoms with van der Waals surface area (Å²) in [5, 5.41) is 11.9. The number of aromatic nitrogens is 1. The molecule has 0 unspecified atom stereocenters. The summed E-state index contributed by atoms with van der Waals surface area (Å²) in [5.74, 6) is 0. The van der Waals surface area contributed by atoms with E-state index in [9.17, 15) is 5.26 Å². The molecule has 0 aliphatic heterocycles. The predicted octanol–water partition coefficient (Wildman–Crippen LogP) is 6.10. The minimum absolute atomic E-state index is 0.465. The minimum Gasteiger partial charge on any atom is -0.345 e. The maximum atomic E-state index is 9.66. The van der Waals surface area contributed by atoms with Gasteiger partial charge in [0.05, 0.1) is 5.56 Å². The van der Waals surface area contributed by atoms with Crippen molar-refractivity contribution in [2.75, 3.05) is 0 Å². The molecule has 1 aromatic heterocycles. The van der Waals surface area contributed by atoms with Gasteiger partial charge >= 0.3 is 0 Å². The van der Waals surface area contributed by atoms with Crippen molar-refractivity contribution in [3.63, 3.8) is 0 Å². The van der Waals surface area contributed by atoms with Gasteiger partial charge in [0.2, 0.25) is 0 Å². The van der Waals surface area contributed by atoms with Gasteiger partial charge in [0.1, 0.15) is 10.7 Å². The van der Waals surface area contributed by atoms with Crippen LogP contribution in [0.4, 0.5) is 0 Å². The molecule has 25 heavy (non-hydrogen) atoms. The third-order valence-corrected chi connectivity index (χ3v) is 4.62. The van der Waals surface area contributed by atoms with Crippen molar-refractivity contribution in [2.45, 2.75) is 0 Å². The Morgan fingerprint density at radius 3 is 2.32 bits per heavy atom. The van der Waals surface area contributed by atoms with Crippen molar-refractivity contribution in [3.8, 4) is 28.5 Å². The van der Waals surface area contributed by atoms with Crippen LogP contribution in [-0.4, -0.2) is 4.98 Å². The second-order valence-corrected chi connectivity index (χ2v) is 6.21. The lowest BCUT2D eigenvalue weighted by Crippen LogP contribution is -1.93. The number of H-pyrrole nitrogens is 1. The van der Waals surface area contributed by atoms with E-state index >= 15 is 0 Å². The molecule has 4 rings (SSSR count). The Morgan fingerprint density at radius 2 is 1.52 bits per heavy atom. The fourth-order valence-corrected chi connectivity index (χ4v) is 3.38. The number of nitriles is 1. The van der Waals surface area contributed by atoms with Crippen LogP contribution in [0.5, 0.6) is 0 Å². The Kier molecular flexibility index (Phi) is 3.89. The molecule has 0 spiro atoms. The quantitative estimate of drug-likeness (QED) is 0.448. The third kappa shape index (κ3) is 2.73. The Hall–Kier alpha value is -3.22. The van der Waals surface area contributed by atoms with E-state index in [0.29, 0.717) is 10.2 Å². The molecule has 118 valence electrons. The van der Waals surface area contributed by atoms with Crippen LogP contribution in [0.15, 0.2) is 78.9 Å². The van der Waals surface area contributed by atoms with Gasteiger partial charge in [0, 0.05) is 11.3 Å². The normalized spacial score (nSPS) is 10.5. The summed E-state index contributed by atoms with van der Waals surface area (Å²) in [6.07, 6.45) is 0. The number of pyridine rings is 1. The second-order valence-electron chi connectivity index (χ2n) is 5.81. The molecular formula is C22H14N2S. The number of aromatic amines is 1. The van der Waals surface area contributed by atoms with Crippen molar-refractivity contribution in [1.82, 2.24) is 4.98 Å². The fraction of sp³-hybridized carbons (Fsp3) is 0. The first-order chi connectivity index (χ1) is 12.3. The first-order valence-corrected chi connectivity index (χ1v) is 8.40. The van der Waals surface area contributed by atoms with E-state index in [1.54, 1.807) is 0 Å². The number of nitrogens with one attached hydrogen (secondary N) is 1. The topological polar surface area (TPSA) is 39.6 Å². The summed E-state index contributed by atoms with van der Waals surface area (Å²) in [5.41, 5.74) is 4.34. The first-order valence-electron chi connectivity index (χ1n) is 7.99. The average molecular weight is 338 g/mol. The number of benzene rings is 3. The standard InChI is InChI=1S/C22H14N2S/c23-14-20-19(18-12-6-10-15-7-4-5-11-17(15)18)13-21(24-22(20)25)16-8-2-1-3-9-16/h1-13H,(H,24,25). The Bertz CT molecular complexity index is 1160. The number of fused-ring (bicyclic) bond motifs is 1. The summed E-state index contributed by atoms with van der Waals surface area (Å²) >= 11 is 5.47. The molecule has 0 aliphatic rings. The fourth-order valence-electron chi connectivity index (χ4n) is 3.12. The molecule has 0 radical (unpaired) electrons. The van der Waals surface area contributed by atoms with Gasteiger partial charge in [-0.3, -0.25) is 0 Å². The molecule has 0 aliphatic carbocycles. The van der Waals surface area contributed by atoms with Gasteiger partial charge in [-0.25, -0.2) is 0 Å². The van der Waals surface area contributed by atoms with E-state index in [-0.39, 0.29) is 0 Å². The van der Waals surface area contributed by atoms with E-state index in [0.717, 1.165) is 33.2 Å². The highest BCUT2D eigenvalue weighted by Crippen LogP contribution is 2.33. The monoisotopic (exact) mass is 338 g/mol. The molecular weight excluding hydrogens is 324 g/mol. The van der Waals surface area contributed by atoms with Crippen molar-refractivity contribution in [1.29, 1.82) is 5.26 Å². The molecule has 1 N–H and O–H groups in total. The predicted molar refractivity (Wildman–Crippen MR) is 105 cm³/mol. The summed E-state index contributed by atoms with van der Waals surface area (Å²) in [6, 6.07) is 28.6. The molecule has 3 heteroatoms. The van der Waals surface area contributed by atoms with Crippen LogP contribution in [0, 0.1) is 16.0 Å².